The van der Waals surface area contributed by atoms with Gasteiger partial charge in [0.1, 0.15) is 11.5 Å². The van der Waals surface area contributed by atoms with Gasteiger partial charge in [-0.25, -0.2) is 0 Å². The molecule has 3 aromatic carbocycles. The molecule has 0 radical (unpaired) electrons. The van der Waals surface area contributed by atoms with Crippen molar-refractivity contribution in [3.8, 4) is 11.5 Å². The van der Waals surface area contributed by atoms with Crippen LogP contribution in [0.25, 0.3) is 16.8 Å². The number of ether oxygens (including phenoxy) is 1. The van der Waals surface area contributed by atoms with Gasteiger partial charge < -0.3 is 9.84 Å². The van der Waals surface area contributed by atoms with E-state index in [0.717, 1.165) is 21.9 Å². The van der Waals surface area contributed by atoms with Gasteiger partial charge in [0.2, 0.25) is 5.78 Å². The Bertz CT molecular complexity index is 983. The molecule has 112 valence electrons. The van der Waals surface area contributed by atoms with E-state index in [1.54, 1.807) is 18.2 Å². The number of aryl methyl sites for hydroxylation is 1. The highest BCUT2D eigenvalue weighted by Crippen LogP contribution is 2.38. The average molecular weight is 302 g/mol. The molecule has 3 aromatic rings. The topological polar surface area (TPSA) is 46.5 Å². The molecule has 0 saturated heterocycles. The Balaban J connectivity index is 1.81. The molecule has 1 heterocycles. The summed E-state index contributed by atoms with van der Waals surface area (Å²) in [5.74, 6) is 1.05. The molecule has 23 heavy (non-hydrogen) atoms. The van der Waals surface area contributed by atoms with Gasteiger partial charge in [-0.2, -0.15) is 0 Å². The molecule has 0 aliphatic carbocycles. The van der Waals surface area contributed by atoms with Crippen LogP contribution >= 0.6 is 0 Å². The first kappa shape index (κ1) is 13.6. The predicted molar refractivity (Wildman–Crippen MR) is 89.7 cm³/mol. The number of phenols is 1. The molecule has 1 aliphatic rings. The van der Waals surface area contributed by atoms with Gasteiger partial charge in [-0.15, -0.1) is 0 Å². The van der Waals surface area contributed by atoms with Crippen molar-refractivity contribution in [1.82, 2.24) is 0 Å². The second kappa shape index (κ2) is 4.99. The first-order valence-corrected chi connectivity index (χ1v) is 7.39. The second-order valence-electron chi connectivity index (χ2n) is 5.65. The van der Waals surface area contributed by atoms with Crippen molar-refractivity contribution in [3.63, 3.8) is 0 Å². The van der Waals surface area contributed by atoms with Crippen LogP contribution in [0.5, 0.6) is 11.5 Å². The summed E-state index contributed by atoms with van der Waals surface area (Å²) < 4.78 is 5.86. The lowest BCUT2D eigenvalue weighted by atomic mass is 10.0. The van der Waals surface area contributed by atoms with Gasteiger partial charge in [0.05, 0.1) is 5.56 Å². The summed E-state index contributed by atoms with van der Waals surface area (Å²) in [6.07, 6.45) is 1.71. The van der Waals surface area contributed by atoms with Crippen molar-refractivity contribution in [1.29, 1.82) is 0 Å². The van der Waals surface area contributed by atoms with E-state index in [1.807, 2.05) is 49.4 Å². The van der Waals surface area contributed by atoms with Crippen LogP contribution in [0.1, 0.15) is 21.5 Å². The molecule has 0 fully saturated rings. The molecular weight excluding hydrogens is 288 g/mol. The van der Waals surface area contributed by atoms with Crippen molar-refractivity contribution in [2.75, 3.05) is 0 Å². The van der Waals surface area contributed by atoms with Crippen LogP contribution in [0.15, 0.2) is 60.4 Å². The van der Waals surface area contributed by atoms with Crippen molar-refractivity contribution in [2.24, 2.45) is 0 Å². The van der Waals surface area contributed by atoms with Crippen LogP contribution in [0.3, 0.4) is 0 Å². The highest BCUT2D eigenvalue weighted by atomic mass is 16.5. The minimum atomic E-state index is -0.114. The molecule has 3 nitrogen and oxygen atoms in total. The van der Waals surface area contributed by atoms with Crippen LogP contribution in [0.2, 0.25) is 0 Å². The molecule has 1 aliphatic heterocycles. The number of Topliss-reactive ketones (excluding diaryl/α,β-unsaturated/α-hetero) is 1. The number of aromatic hydroxyl groups is 1. The summed E-state index contributed by atoms with van der Waals surface area (Å²) in [6.45, 7) is 1.82. The number of rotatable bonds is 1. The third-order valence-corrected chi connectivity index (χ3v) is 4.08. The zero-order chi connectivity index (χ0) is 16.0. The van der Waals surface area contributed by atoms with Gasteiger partial charge in [0, 0.05) is 5.39 Å². The molecule has 0 atom stereocenters. The summed E-state index contributed by atoms with van der Waals surface area (Å²) in [6, 6.07) is 16.8. The van der Waals surface area contributed by atoms with E-state index in [1.165, 1.54) is 0 Å². The Morgan fingerprint density at radius 1 is 1.04 bits per heavy atom. The standard InChI is InChI=1S/C20H14O3/c1-12-10-13(6-9-17(12)21)11-18-19(22)16-8-7-14-4-2-3-5-15(14)20(16)23-18/h2-11,21H,1H3. The third-order valence-electron chi connectivity index (χ3n) is 4.08. The first-order chi connectivity index (χ1) is 11.1. The fourth-order valence-electron chi connectivity index (χ4n) is 2.84. The van der Waals surface area contributed by atoms with Crippen LogP contribution in [-0.4, -0.2) is 10.9 Å². The molecule has 0 spiro atoms. The normalized spacial score (nSPS) is 15.0. The average Bonchev–Trinajstić information content (AvgIpc) is 2.88. The minimum Gasteiger partial charge on any atom is -0.508 e. The summed E-state index contributed by atoms with van der Waals surface area (Å²) in [4.78, 5) is 12.6. The molecule has 0 aromatic heterocycles. The number of fused-ring (bicyclic) bond motifs is 3. The SMILES string of the molecule is Cc1cc(C=C2Oc3c(ccc4ccccc34)C2=O)ccc1O. The van der Waals surface area contributed by atoms with E-state index in [-0.39, 0.29) is 11.5 Å². The Morgan fingerprint density at radius 3 is 2.70 bits per heavy atom. The summed E-state index contributed by atoms with van der Waals surface area (Å²) in [5.41, 5.74) is 2.17. The quantitative estimate of drug-likeness (QED) is 0.675. The number of phenolic OH excluding ortho intramolecular Hbond substituents is 1. The Morgan fingerprint density at radius 2 is 1.87 bits per heavy atom. The number of hydrogen-bond donors (Lipinski definition) is 1. The van der Waals surface area contributed by atoms with Crippen molar-refractivity contribution >= 4 is 22.6 Å². The molecule has 0 unspecified atom stereocenters. The maximum Gasteiger partial charge on any atom is 0.231 e. The van der Waals surface area contributed by atoms with Crippen molar-refractivity contribution < 1.29 is 14.6 Å². The van der Waals surface area contributed by atoms with E-state index in [9.17, 15) is 9.90 Å². The lowest BCUT2D eigenvalue weighted by molar-refractivity contribution is 0.101. The first-order valence-electron chi connectivity index (χ1n) is 7.39. The van der Waals surface area contributed by atoms with Gasteiger partial charge in [-0.1, -0.05) is 36.4 Å². The predicted octanol–water partition coefficient (Wildman–Crippen LogP) is 4.47. The second-order valence-corrected chi connectivity index (χ2v) is 5.65. The molecule has 4 rings (SSSR count). The fraction of sp³-hybridized carbons (Fsp3) is 0.0500. The van der Waals surface area contributed by atoms with Gasteiger partial charge in [-0.3, -0.25) is 4.79 Å². The summed E-state index contributed by atoms with van der Waals surface area (Å²) in [7, 11) is 0. The van der Waals surface area contributed by atoms with E-state index in [4.69, 9.17) is 4.74 Å². The van der Waals surface area contributed by atoms with Gasteiger partial charge in [0.15, 0.2) is 5.76 Å². The highest BCUT2D eigenvalue weighted by molar-refractivity contribution is 6.17. The third kappa shape index (κ3) is 2.18. The van der Waals surface area contributed by atoms with Gasteiger partial charge >= 0.3 is 0 Å². The molecule has 0 saturated carbocycles. The molecule has 0 bridgehead atoms. The number of benzene rings is 3. The smallest absolute Gasteiger partial charge is 0.231 e. The van der Waals surface area contributed by atoms with Gasteiger partial charge in [0.25, 0.3) is 0 Å². The van der Waals surface area contributed by atoms with Crippen LogP contribution < -0.4 is 4.74 Å². The summed E-state index contributed by atoms with van der Waals surface area (Å²) in [5, 5.41) is 11.6. The van der Waals surface area contributed by atoms with Crippen LogP contribution in [0.4, 0.5) is 0 Å². The number of hydrogen-bond acceptors (Lipinski definition) is 3. The maximum absolute atomic E-state index is 12.6. The maximum atomic E-state index is 12.6. The van der Waals surface area contributed by atoms with Crippen molar-refractivity contribution in [3.05, 3.63) is 77.0 Å². The largest absolute Gasteiger partial charge is 0.508 e. The number of carbonyl (C=O) groups excluding carboxylic acids is 1. The van der Waals surface area contributed by atoms with E-state index < -0.39 is 0 Å². The molecule has 3 heteroatoms. The minimum absolute atomic E-state index is 0.114. The fourth-order valence-corrected chi connectivity index (χ4v) is 2.84. The number of ketones is 1. The lowest BCUT2D eigenvalue weighted by Gasteiger charge is -2.04. The van der Waals surface area contributed by atoms with E-state index in [0.29, 0.717) is 17.1 Å². The Kier molecular flexibility index (Phi) is 2.95. The Labute approximate surface area is 133 Å². The van der Waals surface area contributed by atoms with E-state index >= 15 is 0 Å². The van der Waals surface area contributed by atoms with Crippen molar-refractivity contribution in [2.45, 2.75) is 6.92 Å². The van der Waals surface area contributed by atoms with Gasteiger partial charge in [-0.05, 0) is 47.7 Å². The monoisotopic (exact) mass is 302 g/mol. The van der Waals surface area contributed by atoms with Crippen LogP contribution in [-0.2, 0) is 0 Å². The highest BCUT2D eigenvalue weighted by Gasteiger charge is 2.28. The number of carbonyl (C=O) groups is 1. The Hall–Kier alpha value is -3.07. The molecule has 1 N–H and O–H groups in total. The summed E-state index contributed by atoms with van der Waals surface area (Å²) >= 11 is 0. The zero-order valence-electron chi connectivity index (χ0n) is 12.5. The molecular formula is C20H14O3. The zero-order valence-corrected chi connectivity index (χ0v) is 12.5. The number of allylic oxidation sites excluding steroid dienone is 1. The van der Waals surface area contributed by atoms with Crippen LogP contribution in [0, 0.1) is 6.92 Å². The molecule has 0 amide bonds. The van der Waals surface area contributed by atoms with E-state index in [2.05, 4.69) is 0 Å². The lowest BCUT2D eigenvalue weighted by Crippen LogP contribution is -1.98.